The number of rotatable bonds is 5. The summed E-state index contributed by atoms with van der Waals surface area (Å²) in [5, 5.41) is 6.68. The second kappa shape index (κ2) is 6.12. The van der Waals surface area contributed by atoms with E-state index in [9.17, 15) is 0 Å². The molecule has 0 aliphatic carbocycles. The number of hydrogen-bond donors (Lipinski definition) is 1. The SMILES string of the molecule is CCc1ccc(-c2csc(CNC(C)C)n2)cc1. The zero-order chi connectivity index (χ0) is 13.0. The molecular weight excluding hydrogens is 240 g/mol. The average molecular weight is 260 g/mol. The highest BCUT2D eigenvalue weighted by atomic mass is 32.1. The van der Waals surface area contributed by atoms with Crippen LogP contribution in [-0.4, -0.2) is 11.0 Å². The van der Waals surface area contributed by atoms with Crippen LogP contribution in [0.4, 0.5) is 0 Å². The van der Waals surface area contributed by atoms with E-state index in [1.165, 1.54) is 11.1 Å². The predicted molar refractivity (Wildman–Crippen MR) is 78.9 cm³/mol. The number of benzene rings is 1. The lowest BCUT2D eigenvalue weighted by Crippen LogP contribution is -2.21. The minimum atomic E-state index is 0.501. The summed E-state index contributed by atoms with van der Waals surface area (Å²) in [6, 6.07) is 9.18. The Hall–Kier alpha value is -1.19. The van der Waals surface area contributed by atoms with Crippen molar-refractivity contribution in [2.75, 3.05) is 0 Å². The molecule has 0 spiro atoms. The van der Waals surface area contributed by atoms with Crippen LogP contribution < -0.4 is 5.32 Å². The third-order valence-electron chi connectivity index (χ3n) is 2.87. The van der Waals surface area contributed by atoms with Crippen LogP contribution >= 0.6 is 11.3 Å². The Morgan fingerprint density at radius 2 is 1.94 bits per heavy atom. The first-order valence-electron chi connectivity index (χ1n) is 6.46. The molecule has 0 aliphatic heterocycles. The van der Waals surface area contributed by atoms with Crippen LogP contribution in [0.5, 0.6) is 0 Å². The summed E-state index contributed by atoms with van der Waals surface area (Å²) in [6.45, 7) is 7.33. The van der Waals surface area contributed by atoms with Gasteiger partial charge < -0.3 is 5.32 Å². The molecule has 0 amide bonds. The van der Waals surface area contributed by atoms with E-state index in [0.717, 1.165) is 23.7 Å². The summed E-state index contributed by atoms with van der Waals surface area (Å²) in [4.78, 5) is 4.66. The smallest absolute Gasteiger partial charge is 0.107 e. The van der Waals surface area contributed by atoms with Gasteiger partial charge in [0.25, 0.3) is 0 Å². The van der Waals surface area contributed by atoms with Crippen molar-refractivity contribution in [1.82, 2.24) is 10.3 Å². The topological polar surface area (TPSA) is 24.9 Å². The van der Waals surface area contributed by atoms with Crippen molar-refractivity contribution in [3.05, 3.63) is 40.2 Å². The molecule has 18 heavy (non-hydrogen) atoms. The maximum absolute atomic E-state index is 4.66. The molecule has 96 valence electrons. The number of thiazole rings is 1. The Bertz CT molecular complexity index is 485. The van der Waals surface area contributed by atoms with E-state index < -0.39 is 0 Å². The van der Waals surface area contributed by atoms with Gasteiger partial charge in [-0.15, -0.1) is 11.3 Å². The standard InChI is InChI=1S/C15H20N2S/c1-4-12-5-7-13(8-6-12)14-10-18-15(17-14)9-16-11(2)3/h5-8,10-11,16H,4,9H2,1-3H3. The normalized spacial score (nSPS) is 11.1. The van der Waals surface area contributed by atoms with Crippen LogP contribution in [0.25, 0.3) is 11.3 Å². The maximum atomic E-state index is 4.66. The van der Waals surface area contributed by atoms with Crippen molar-refractivity contribution in [2.24, 2.45) is 0 Å². The molecule has 1 N–H and O–H groups in total. The van der Waals surface area contributed by atoms with Crippen LogP contribution in [0.3, 0.4) is 0 Å². The highest BCUT2D eigenvalue weighted by molar-refractivity contribution is 7.09. The summed E-state index contributed by atoms with van der Waals surface area (Å²) in [7, 11) is 0. The Morgan fingerprint density at radius 3 is 2.56 bits per heavy atom. The molecule has 1 heterocycles. The number of hydrogen-bond acceptors (Lipinski definition) is 3. The molecule has 0 bridgehead atoms. The van der Waals surface area contributed by atoms with Gasteiger partial charge in [0.1, 0.15) is 5.01 Å². The van der Waals surface area contributed by atoms with Crippen molar-refractivity contribution in [3.8, 4) is 11.3 Å². The molecule has 0 saturated heterocycles. The first-order valence-corrected chi connectivity index (χ1v) is 7.34. The van der Waals surface area contributed by atoms with Gasteiger partial charge in [0.2, 0.25) is 0 Å². The zero-order valence-corrected chi connectivity index (χ0v) is 12.1. The Balaban J connectivity index is 2.08. The molecule has 0 atom stereocenters. The number of aryl methyl sites for hydroxylation is 1. The van der Waals surface area contributed by atoms with E-state index in [4.69, 9.17) is 0 Å². The first-order chi connectivity index (χ1) is 8.69. The molecule has 0 aliphatic rings. The average Bonchev–Trinajstić information content (AvgIpc) is 2.85. The van der Waals surface area contributed by atoms with Gasteiger partial charge in [-0.05, 0) is 12.0 Å². The van der Waals surface area contributed by atoms with Crippen LogP contribution in [0.1, 0.15) is 31.3 Å². The van der Waals surface area contributed by atoms with Crippen molar-refractivity contribution < 1.29 is 0 Å². The predicted octanol–water partition coefficient (Wildman–Crippen LogP) is 3.87. The first kappa shape index (κ1) is 13.2. The number of nitrogens with one attached hydrogen (secondary N) is 1. The van der Waals surface area contributed by atoms with Crippen molar-refractivity contribution in [2.45, 2.75) is 39.8 Å². The van der Waals surface area contributed by atoms with Gasteiger partial charge in [0.05, 0.1) is 5.69 Å². The fourth-order valence-electron chi connectivity index (χ4n) is 1.73. The van der Waals surface area contributed by atoms with Gasteiger partial charge in [0.15, 0.2) is 0 Å². The Labute approximate surface area is 113 Å². The maximum Gasteiger partial charge on any atom is 0.107 e. The second-order valence-corrected chi connectivity index (χ2v) is 5.66. The molecular formula is C15H20N2S. The highest BCUT2D eigenvalue weighted by Gasteiger charge is 2.04. The van der Waals surface area contributed by atoms with Crippen molar-refractivity contribution >= 4 is 11.3 Å². The zero-order valence-electron chi connectivity index (χ0n) is 11.2. The van der Waals surface area contributed by atoms with Gasteiger partial charge in [0, 0.05) is 23.5 Å². The molecule has 2 nitrogen and oxygen atoms in total. The minimum absolute atomic E-state index is 0.501. The number of aromatic nitrogens is 1. The molecule has 2 rings (SSSR count). The molecule has 0 saturated carbocycles. The quantitative estimate of drug-likeness (QED) is 0.882. The van der Waals surface area contributed by atoms with Crippen LogP contribution in [0.2, 0.25) is 0 Å². The van der Waals surface area contributed by atoms with Crippen molar-refractivity contribution in [3.63, 3.8) is 0 Å². The summed E-state index contributed by atoms with van der Waals surface area (Å²) in [6.07, 6.45) is 1.08. The third-order valence-corrected chi connectivity index (χ3v) is 3.72. The van der Waals surface area contributed by atoms with Crippen LogP contribution in [0, 0.1) is 0 Å². The van der Waals surface area contributed by atoms with Gasteiger partial charge in [-0.1, -0.05) is 45.0 Å². The summed E-state index contributed by atoms with van der Waals surface area (Å²) < 4.78 is 0. The molecule has 1 aromatic carbocycles. The largest absolute Gasteiger partial charge is 0.308 e. The fourth-order valence-corrected chi connectivity index (χ4v) is 2.48. The van der Waals surface area contributed by atoms with E-state index in [1.807, 2.05) is 0 Å². The van der Waals surface area contributed by atoms with Crippen LogP contribution in [0.15, 0.2) is 29.6 Å². The lowest BCUT2D eigenvalue weighted by molar-refractivity contribution is 0.587. The molecule has 1 aromatic heterocycles. The molecule has 0 unspecified atom stereocenters. The highest BCUT2D eigenvalue weighted by Crippen LogP contribution is 2.22. The van der Waals surface area contributed by atoms with E-state index in [0.29, 0.717) is 6.04 Å². The van der Waals surface area contributed by atoms with Gasteiger partial charge in [-0.25, -0.2) is 4.98 Å². The van der Waals surface area contributed by atoms with E-state index in [2.05, 4.69) is 60.7 Å². The molecule has 3 heteroatoms. The Morgan fingerprint density at radius 1 is 1.22 bits per heavy atom. The summed E-state index contributed by atoms with van der Waals surface area (Å²) in [5.74, 6) is 0. The summed E-state index contributed by atoms with van der Waals surface area (Å²) in [5.41, 5.74) is 3.66. The van der Waals surface area contributed by atoms with E-state index >= 15 is 0 Å². The third kappa shape index (κ3) is 3.40. The van der Waals surface area contributed by atoms with Gasteiger partial charge in [-0.3, -0.25) is 0 Å². The van der Waals surface area contributed by atoms with Crippen molar-refractivity contribution in [1.29, 1.82) is 0 Å². The van der Waals surface area contributed by atoms with Crippen LogP contribution in [-0.2, 0) is 13.0 Å². The minimum Gasteiger partial charge on any atom is -0.308 e. The van der Waals surface area contributed by atoms with Gasteiger partial charge >= 0.3 is 0 Å². The van der Waals surface area contributed by atoms with E-state index in [1.54, 1.807) is 11.3 Å². The summed E-state index contributed by atoms with van der Waals surface area (Å²) >= 11 is 1.72. The molecule has 0 fully saturated rings. The monoisotopic (exact) mass is 260 g/mol. The molecule has 0 radical (unpaired) electrons. The van der Waals surface area contributed by atoms with Gasteiger partial charge in [-0.2, -0.15) is 0 Å². The Kier molecular flexibility index (Phi) is 4.50. The lowest BCUT2D eigenvalue weighted by atomic mass is 10.1. The number of nitrogens with zero attached hydrogens (tertiary/aromatic N) is 1. The lowest BCUT2D eigenvalue weighted by Gasteiger charge is -2.04. The van der Waals surface area contributed by atoms with E-state index in [-0.39, 0.29) is 0 Å². The second-order valence-electron chi connectivity index (χ2n) is 4.71. The molecule has 2 aromatic rings. The fraction of sp³-hybridized carbons (Fsp3) is 0.400.